The van der Waals surface area contributed by atoms with E-state index in [2.05, 4.69) is 0 Å². The van der Waals surface area contributed by atoms with Crippen LogP contribution in [-0.2, 0) is 9.59 Å². The lowest BCUT2D eigenvalue weighted by molar-refractivity contribution is -0.384. The number of non-ortho nitro benzene ring substituents is 1. The van der Waals surface area contributed by atoms with Crippen LogP contribution in [0.5, 0.6) is 5.75 Å². The smallest absolute Gasteiger partial charge is 0.300 e. The molecule has 3 aromatic rings. The van der Waals surface area contributed by atoms with E-state index in [-0.39, 0.29) is 27.6 Å². The molecule has 1 fully saturated rings. The van der Waals surface area contributed by atoms with Crippen LogP contribution >= 0.6 is 11.6 Å². The molecule has 0 aromatic heterocycles. The fourth-order valence-electron chi connectivity index (χ4n) is 3.59. The molecule has 1 aliphatic rings. The van der Waals surface area contributed by atoms with E-state index in [0.717, 1.165) is 0 Å². The van der Waals surface area contributed by atoms with E-state index in [1.54, 1.807) is 30.3 Å². The molecule has 1 atom stereocenters. The molecule has 1 saturated heterocycles. The monoisotopic (exact) mass is 450 g/mol. The minimum Gasteiger partial charge on any atom is -0.507 e. The van der Waals surface area contributed by atoms with E-state index in [1.165, 1.54) is 47.4 Å². The minimum atomic E-state index is -1.04. The number of nitro groups is 1. The Morgan fingerprint density at radius 2 is 1.66 bits per heavy atom. The van der Waals surface area contributed by atoms with E-state index in [4.69, 9.17) is 11.6 Å². The quantitative estimate of drug-likeness (QED) is 0.197. The first kappa shape index (κ1) is 21.1. The Kier molecular flexibility index (Phi) is 5.38. The number of aliphatic hydroxyl groups is 1. The number of ketones is 1. The largest absolute Gasteiger partial charge is 0.507 e. The number of amides is 1. The summed E-state index contributed by atoms with van der Waals surface area (Å²) in [6.07, 6.45) is 0. The Balaban J connectivity index is 1.93. The number of carbonyl (C=O) groups excluding carboxylic acids is 2. The van der Waals surface area contributed by atoms with Gasteiger partial charge in [0.15, 0.2) is 0 Å². The molecule has 0 bridgehead atoms. The van der Waals surface area contributed by atoms with Crippen LogP contribution in [0.3, 0.4) is 0 Å². The zero-order chi connectivity index (χ0) is 23.0. The van der Waals surface area contributed by atoms with Gasteiger partial charge in [0.1, 0.15) is 11.5 Å². The second-order valence-electron chi connectivity index (χ2n) is 7.02. The van der Waals surface area contributed by atoms with Gasteiger partial charge in [-0.05, 0) is 42.0 Å². The predicted octanol–water partition coefficient (Wildman–Crippen LogP) is 4.58. The van der Waals surface area contributed by atoms with Crippen molar-refractivity contribution < 1.29 is 24.7 Å². The number of hydrogen-bond acceptors (Lipinski definition) is 6. The molecule has 3 aromatic carbocycles. The van der Waals surface area contributed by atoms with Gasteiger partial charge in [-0.2, -0.15) is 0 Å². The number of anilines is 1. The van der Waals surface area contributed by atoms with Gasteiger partial charge in [0.2, 0.25) is 0 Å². The lowest BCUT2D eigenvalue weighted by atomic mass is 9.95. The van der Waals surface area contributed by atoms with Crippen LogP contribution in [0.1, 0.15) is 17.2 Å². The maximum Gasteiger partial charge on any atom is 0.300 e. The van der Waals surface area contributed by atoms with Crippen molar-refractivity contribution in [2.24, 2.45) is 0 Å². The average molecular weight is 451 g/mol. The number of rotatable bonds is 4. The highest BCUT2D eigenvalue weighted by Gasteiger charge is 2.47. The number of aliphatic hydroxyl groups excluding tert-OH is 1. The SMILES string of the molecule is O=C1C(=O)N(c2ccccc2)C(c2ccc(O)c(Cl)c2)/C1=C(/O)c1ccc([N+](=O)[O-])cc1. The fraction of sp³-hybridized carbons (Fsp3) is 0.0435. The number of nitro benzene ring substituents is 1. The van der Waals surface area contributed by atoms with Gasteiger partial charge in [-0.1, -0.05) is 35.9 Å². The molecule has 1 amide bonds. The summed E-state index contributed by atoms with van der Waals surface area (Å²) in [7, 11) is 0. The van der Waals surface area contributed by atoms with Crippen molar-refractivity contribution in [2.75, 3.05) is 4.90 Å². The molecule has 0 aliphatic carbocycles. The van der Waals surface area contributed by atoms with E-state index in [9.17, 15) is 29.9 Å². The van der Waals surface area contributed by atoms with Crippen molar-refractivity contribution in [3.8, 4) is 5.75 Å². The van der Waals surface area contributed by atoms with Gasteiger partial charge in [-0.15, -0.1) is 0 Å². The highest BCUT2D eigenvalue weighted by molar-refractivity contribution is 6.51. The Hall–Kier alpha value is -4.17. The number of halogens is 1. The molecular weight excluding hydrogens is 436 g/mol. The van der Waals surface area contributed by atoms with Crippen LogP contribution in [0.25, 0.3) is 5.76 Å². The Bertz CT molecular complexity index is 1270. The third kappa shape index (κ3) is 3.57. The number of hydrogen-bond donors (Lipinski definition) is 2. The van der Waals surface area contributed by atoms with Gasteiger partial charge in [0.05, 0.1) is 21.6 Å². The lowest BCUT2D eigenvalue weighted by Crippen LogP contribution is -2.29. The number of nitrogens with zero attached hydrogens (tertiary/aromatic N) is 2. The second-order valence-corrected chi connectivity index (χ2v) is 7.43. The zero-order valence-corrected chi connectivity index (χ0v) is 17.1. The molecular formula is C23H15ClN2O6. The summed E-state index contributed by atoms with van der Waals surface area (Å²) in [4.78, 5) is 37.6. The van der Waals surface area contributed by atoms with Crippen molar-refractivity contribution >= 4 is 40.4 Å². The molecule has 160 valence electrons. The number of Topliss-reactive ketones (excluding diaryl/α,β-unsaturated/α-hetero) is 1. The van der Waals surface area contributed by atoms with E-state index in [1.807, 2.05) is 0 Å². The molecule has 0 radical (unpaired) electrons. The Labute approximate surface area is 186 Å². The minimum absolute atomic E-state index is 0.0106. The summed E-state index contributed by atoms with van der Waals surface area (Å²) >= 11 is 6.07. The fourth-order valence-corrected chi connectivity index (χ4v) is 3.78. The topological polar surface area (TPSA) is 121 Å². The third-order valence-corrected chi connectivity index (χ3v) is 5.42. The number of phenols is 1. The van der Waals surface area contributed by atoms with Crippen molar-refractivity contribution in [3.05, 3.63) is 105 Å². The van der Waals surface area contributed by atoms with Gasteiger partial charge < -0.3 is 10.2 Å². The maximum atomic E-state index is 13.0. The maximum absolute atomic E-state index is 13.0. The summed E-state index contributed by atoms with van der Waals surface area (Å²) in [5, 5.41) is 31.7. The number of phenolic OH excluding ortho intramolecular Hbond substituents is 1. The first-order valence-electron chi connectivity index (χ1n) is 9.39. The molecule has 0 spiro atoms. The molecule has 0 saturated carbocycles. The third-order valence-electron chi connectivity index (χ3n) is 5.12. The average Bonchev–Trinajstić information content (AvgIpc) is 3.06. The Morgan fingerprint density at radius 1 is 1.00 bits per heavy atom. The van der Waals surface area contributed by atoms with Crippen molar-refractivity contribution in [3.63, 3.8) is 0 Å². The summed E-state index contributed by atoms with van der Waals surface area (Å²) < 4.78 is 0. The number of carbonyl (C=O) groups is 2. The van der Waals surface area contributed by atoms with Gasteiger partial charge >= 0.3 is 0 Å². The number of benzene rings is 3. The molecule has 1 unspecified atom stereocenters. The second kappa shape index (κ2) is 8.16. The number of para-hydroxylation sites is 1. The highest BCUT2D eigenvalue weighted by Crippen LogP contribution is 2.43. The molecule has 9 heteroatoms. The van der Waals surface area contributed by atoms with Crippen LogP contribution in [0.15, 0.2) is 78.4 Å². The van der Waals surface area contributed by atoms with Gasteiger partial charge in [-0.3, -0.25) is 24.6 Å². The van der Waals surface area contributed by atoms with E-state index >= 15 is 0 Å². The van der Waals surface area contributed by atoms with Gasteiger partial charge in [-0.25, -0.2) is 0 Å². The van der Waals surface area contributed by atoms with Crippen molar-refractivity contribution in [2.45, 2.75) is 6.04 Å². The summed E-state index contributed by atoms with van der Waals surface area (Å²) in [6.45, 7) is 0. The summed E-state index contributed by atoms with van der Waals surface area (Å²) in [6, 6.07) is 16.6. The van der Waals surface area contributed by atoms with Crippen LogP contribution in [0, 0.1) is 10.1 Å². The predicted molar refractivity (Wildman–Crippen MR) is 117 cm³/mol. The molecule has 1 aliphatic heterocycles. The molecule has 4 rings (SSSR count). The Morgan fingerprint density at radius 3 is 2.25 bits per heavy atom. The van der Waals surface area contributed by atoms with Gasteiger partial charge in [0.25, 0.3) is 17.4 Å². The molecule has 1 heterocycles. The first-order valence-corrected chi connectivity index (χ1v) is 9.76. The lowest BCUT2D eigenvalue weighted by Gasteiger charge is -2.25. The molecule has 2 N–H and O–H groups in total. The normalized spacial score (nSPS) is 17.5. The first-order chi connectivity index (χ1) is 15.3. The van der Waals surface area contributed by atoms with Crippen molar-refractivity contribution in [1.82, 2.24) is 0 Å². The van der Waals surface area contributed by atoms with Crippen LogP contribution in [-0.4, -0.2) is 26.8 Å². The zero-order valence-electron chi connectivity index (χ0n) is 16.3. The summed E-state index contributed by atoms with van der Waals surface area (Å²) in [5.74, 6) is -2.43. The van der Waals surface area contributed by atoms with Crippen LogP contribution in [0.4, 0.5) is 11.4 Å². The van der Waals surface area contributed by atoms with E-state index in [0.29, 0.717) is 11.3 Å². The van der Waals surface area contributed by atoms with Crippen LogP contribution in [0.2, 0.25) is 5.02 Å². The molecule has 32 heavy (non-hydrogen) atoms. The molecule has 8 nitrogen and oxygen atoms in total. The van der Waals surface area contributed by atoms with Crippen molar-refractivity contribution in [1.29, 1.82) is 0 Å². The van der Waals surface area contributed by atoms with Gasteiger partial charge in [0, 0.05) is 23.4 Å². The highest BCUT2D eigenvalue weighted by atomic mass is 35.5. The van der Waals surface area contributed by atoms with Crippen LogP contribution < -0.4 is 4.90 Å². The van der Waals surface area contributed by atoms with E-state index < -0.39 is 28.4 Å². The summed E-state index contributed by atoms with van der Waals surface area (Å²) in [5.41, 5.74) is 0.560. The standard InChI is InChI=1S/C23H15ClN2O6/c24-17-12-14(8-11-18(17)27)20-19(21(28)13-6-9-16(10-7-13)26(31)32)22(29)23(30)25(20)15-4-2-1-3-5-15/h1-12,20,27-28H/b21-19-. The number of aromatic hydroxyl groups is 1.